The van der Waals surface area contributed by atoms with Gasteiger partial charge in [-0.3, -0.25) is 10.3 Å². The number of hydrogen-bond acceptors (Lipinski definition) is 5. The molecule has 3 aliphatic rings. The van der Waals surface area contributed by atoms with E-state index < -0.39 is 0 Å². The van der Waals surface area contributed by atoms with E-state index in [1.807, 2.05) is 17.4 Å². The first-order chi connectivity index (χ1) is 32.1. The number of aliphatic imine (C=N–C) groups is 1. The summed E-state index contributed by atoms with van der Waals surface area (Å²) in [7, 11) is 0. The van der Waals surface area contributed by atoms with Gasteiger partial charge in [-0.15, -0.1) is 11.3 Å². The molecule has 6 heteroatoms. The van der Waals surface area contributed by atoms with Crippen LogP contribution in [0.15, 0.2) is 197 Å². The van der Waals surface area contributed by atoms with Gasteiger partial charge in [-0.05, 0) is 119 Å². The number of benzene rings is 8. The van der Waals surface area contributed by atoms with Crippen LogP contribution in [0.2, 0.25) is 0 Å². The molecular weight excluding hydrogens is 815 g/mol. The summed E-state index contributed by atoms with van der Waals surface area (Å²) in [5.74, 6) is 1.24. The van der Waals surface area contributed by atoms with Crippen molar-refractivity contribution in [1.82, 2.24) is 9.88 Å². The Hall–Kier alpha value is -7.25. The summed E-state index contributed by atoms with van der Waals surface area (Å²) in [6, 6.07) is 61.6. The largest absolute Gasteiger partial charge is 0.485 e. The maximum absolute atomic E-state index is 7.08. The van der Waals surface area contributed by atoms with E-state index in [1.54, 1.807) is 0 Å². The van der Waals surface area contributed by atoms with Gasteiger partial charge in [0.05, 0.1) is 11.0 Å². The fourth-order valence-corrected chi connectivity index (χ4v) is 12.4. The molecule has 0 saturated heterocycles. The highest BCUT2D eigenvalue weighted by molar-refractivity contribution is 7.25. The fourth-order valence-electron chi connectivity index (χ4n) is 11.3. The maximum atomic E-state index is 7.08. The van der Waals surface area contributed by atoms with Crippen LogP contribution < -0.4 is 10.1 Å². The first kappa shape index (κ1) is 37.2. The standard InChI is InChI=1S/C59H43N3O2S/c1-34-22-25-49(37-24-27-56-46(29-37)43-17-7-11-21-55(43)65-56)60-59(38-23-26-54-45(30-38)41-15-5-9-19-52(41)63-54)61-57(34)48-33-39(32-47-42-16-6-10-20-53(42)64-58(47)48)62-50-18-8-4-14-40(50)44-28-35-12-2-3-13-36(35)31-51(44)62/h2-21,23-24,26-34,47,57-59,61H,22,25H2,1H3. The van der Waals surface area contributed by atoms with Crippen LogP contribution in [0.1, 0.15) is 48.5 Å². The van der Waals surface area contributed by atoms with Crippen molar-refractivity contribution in [3.8, 4) is 5.75 Å². The lowest BCUT2D eigenvalue weighted by molar-refractivity contribution is 0.224. The molecule has 65 heavy (non-hydrogen) atoms. The smallest absolute Gasteiger partial charge is 0.135 e. The second-order valence-electron chi connectivity index (χ2n) is 18.2. The van der Waals surface area contributed by atoms with E-state index in [0.717, 1.165) is 51.8 Å². The highest BCUT2D eigenvalue weighted by Gasteiger charge is 2.43. The van der Waals surface area contributed by atoms with Gasteiger partial charge in [0.1, 0.15) is 29.2 Å². The number of thiophene rings is 1. The Balaban J connectivity index is 0.956. The molecule has 0 amide bonds. The lowest BCUT2D eigenvalue weighted by Gasteiger charge is -2.38. The lowest BCUT2D eigenvalue weighted by atomic mass is 9.78. The lowest BCUT2D eigenvalue weighted by Crippen LogP contribution is -2.45. The van der Waals surface area contributed by atoms with Crippen molar-refractivity contribution >= 4 is 97.4 Å². The van der Waals surface area contributed by atoms with Crippen LogP contribution in [0, 0.1) is 5.92 Å². The quantitative estimate of drug-likeness (QED) is 0.192. The second-order valence-corrected chi connectivity index (χ2v) is 19.3. The fraction of sp³-hybridized carbons (Fsp3) is 0.136. The molecule has 8 aromatic carbocycles. The molecule has 0 saturated carbocycles. The molecule has 312 valence electrons. The van der Waals surface area contributed by atoms with Gasteiger partial charge >= 0.3 is 0 Å². The van der Waals surface area contributed by atoms with E-state index in [0.29, 0.717) is 0 Å². The van der Waals surface area contributed by atoms with Gasteiger partial charge in [-0.1, -0.05) is 116 Å². The van der Waals surface area contributed by atoms with Crippen LogP contribution in [0.25, 0.3) is 80.4 Å². The molecule has 3 aromatic heterocycles. The number of aromatic nitrogens is 1. The van der Waals surface area contributed by atoms with Gasteiger partial charge in [-0.25, -0.2) is 0 Å². The Bertz CT molecular complexity index is 3860. The summed E-state index contributed by atoms with van der Waals surface area (Å²) >= 11 is 1.86. The Morgan fingerprint density at radius 2 is 1.38 bits per heavy atom. The van der Waals surface area contributed by atoms with Gasteiger partial charge in [-0.2, -0.15) is 0 Å². The van der Waals surface area contributed by atoms with Crippen molar-refractivity contribution in [1.29, 1.82) is 0 Å². The monoisotopic (exact) mass is 857 g/mol. The van der Waals surface area contributed by atoms with Crippen molar-refractivity contribution < 1.29 is 9.15 Å². The van der Waals surface area contributed by atoms with Crippen molar-refractivity contribution in [2.75, 3.05) is 0 Å². The number of nitrogens with zero attached hydrogens (tertiary/aromatic N) is 2. The summed E-state index contributed by atoms with van der Waals surface area (Å²) in [6.07, 6.45) is 6.22. The van der Waals surface area contributed by atoms with Gasteiger partial charge in [0.25, 0.3) is 0 Å². The number of rotatable bonds is 4. The van der Waals surface area contributed by atoms with Gasteiger partial charge < -0.3 is 13.7 Å². The highest BCUT2D eigenvalue weighted by Crippen LogP contribution is 2.49. The molecule has 2 aliphatic heterocycles. The summed E-state index contributed by atoms with van der Waals surface area (Å²) in [5, 5.41) is 14.1. The van der Waals surface area contributed by atoms with Gasteiger partial charge in [0.15, 0.2) is 0 Å². The molecule has 5 nitrogen and oxygen atoms in total. The first-order valence-corrected chi connectivity index (χ1v) is 23.7. The SMILES string of the molecule is CC1CCC(c2ccc3sc4ccccc4c3c2)=NC(c2ccc3oc4ccccc4c3c2)NC1C1=CC(n2c3ccccc3c3cc4ccccc4cc32)=CC2c3ccccc3OC12. The van der Waals surface area contributed by atoms with Gasteiger partial charge in [0, 0.05) is 70.6 Å². The minimum atomic E-state index is -0.345. The zero-order valence-electron chi connectivity index (χ0n) is 35.7. The Morgan fingerprint density at radius 1 is 0.631 bits per heavy atom. The number of fused-ring (bicyclic) bond motifs is 13. The van der Waals surface area contributed by atoms with Crippen LogP contribution in [0.5, 0.6) is 5.75 Å². The number of nitrogens with one attached hydrogen (secondary N) is 1. The van der Waals surface area contributed by atoms with Crippen LogP contribution in [-0.4, -0.2) is 22.4 Å². The number of furan rings is 1. The van der Waals surface area contributed by atoms with E-state index in [4.69, 9.17) is 14.1 Å². The first-order valence-electron chi connectivity index (χ1n) is 22.9. The average molecular weight is 858 g/mol. The molecule has 0 bridgehead atoms. The summed E-state index contributed by atoms with van der Waals surface area (Å²) < 4.78 is 18.5. The molecule has 11 aromatic rings. The Labute approximate surface area is 379 Å². The van der Waals surface area contributed by atoms with E-state index >= 15 is 0 Å². The van der Waals surface area contributed by atoms with Crippen LogP contribution in [-0.2, 0) is 0 Å². The van der Waals surface area contributed by atoms with E-state index in [9.17, 15) is 0 Å². The molecule has 1 N–H and O–H groups in total. The predicted molar refractivity (Wildman–Crippen MR) is 271 cm³/mol. The van der Waals surface area contributed by atoms with Crippen molar-refractivity contribution in [3.05, 3.63) is 204 Å². The molecule has 5 heterocycles. The predicted octanol–water partition coefficient (Wildman–Crippen LogP) is 15.1. The van der Waals surface area contributed by atoms with Crippen LogP contribution in [0.4, 0.5) is 0 Å². The molecule has 5 unspecified atom stereocenters. The van der Waals surface area contributed by atoms with Crippen molar-refractivity contribution in [2.24, 2.45) is 10.9 Å². The van der Waals surface area contributed by atoms with Gasteiger partial charge in [0.2, 0.25) is 0 Å². The molecule has 14 rings (SSSR count). The summed E-state index contributed by atoms with van der Waals surface area (Å²) in [4.78, 5) is 5.79. The van der Waals surface area contributed by atoms with E-state index in [2.05, 4.69) is 193 Å². The Morgan fingerprint density at radius 3 is 2.31 bits per heavy atom. The molecule has 0 fully saturated rings. The number of allylic oxidation sites excluding steroid dienone is 2. The third-order valence-electron chi connectivity index (χ3n) is 14.5. The van der Waals surface area contributed by atoms with E-state index in [1.165, 1.54) is 75.1 Å². The summed E-state index contributed by atoms with van der Waals surface area (Å²) in [6.45, 7) is 2.42. The Kier molecular flexibility index (Phi) is 8.22. The minimum Gasteiger partial charge on any atom is -0.485 e. The molecule has 1 aliphatic carbocycles. The molecule has 5 atom stereocenters. The highest BCUT2D eigenvalue weighted by atomic mass is 32.1. The van der Waals surface area contributed by atoms with Crippen molar-refractivity contribution in [2.45, 2.75) is 44.0 Å². The molecule has 0 spiro atoms. The van der Waals surface area contributed by atoms with Crippen LogP contribution >= 0.6 is 11.3 Å². The third-order valence-corrected chi connectivity index (χ3v) is 15.6. The number of hydrogen-bond donors (Lipinski definition) is 1. The van der Waals surface area contributed by atoms with Crippen molar-refractivity contribution in [3.63, 3.8) is 0 Å². The maximum Gasteiger partial charge on any atom is 0.135 e. The molecular formula is C59H43N3O2S. The zero-order chi connectivity index (χ0) is 42.8. The van der Waals surface area contributed by atoms with Crippen LogP contribution in [0.3, 0.4) is 0 Å². The molecule has 0 radical (unpaired) electrons. The minimum absolute atomic E-state index is 0.0376. The topological polar surface area (TPSA) is 51.7 Å². The summed E-state index contributed by atoms with van der Waals surface area (Å²) in [5.41, 5.74) is 11.3. The van der Waals surface area contributed by atoms with E-state index in [-0.39, 0.29) is 30.1 Å². The number of para-hydroxylation sites is 3. The normalized spacial score (nSPS) is 21.1. The second kappa shape index (κ2) is 14.4. The number of ether oxygens (including phenoxy) is 1. The third kappa shape index (κ3) is 5.83. The average Bonchev–Trinajstić information content (AvgIpc) is 4.11. The zero-order valence-corrected chi connectivity index (χ0v) is 36.6.